The number of hydrogen-bond acceptors (Lipinski definition) is 3. The van der Waals surface area contributed by atoms with Gasteiger partial charge in [0.1, 0.15) is 5.82 Å². The van der Waals surface area contributed by atoms with Crippen molar-refractivity contribution < 1.29 is 18.0 Å². The van der Waals surface area contributed by atoms with E-state index in [-0.39, 0.29) is 17.3 Å². The van der Waals surface area contributed by atoms with Gasteiger partial charge >= 0.3 is 12.2 Å². The van der Waals surface area contributed by atoms with E-state index in [1.807, 2.05) is 0 Å². The molecule has 2 amide bonds. The zero-order chi connectivity index (χ0) is 21.2. The Balaban J connectivity index is 1.99. The zero-order valence-electron chi connectivity index (χ0n) is 15.8. The van der Waals surface area contributed by atoms with Crippen LogP contribution in [0, 0.1) is 0 Å². The van der Waals surface area contributed by atoms with E-state index in [0.29, 0.717) is 22.7 Å². The number of pyridine rings is 1. The van der Waals surface area contributed by atoms with Crippen LogP contribution in [-0.4, -0.2) is 30.0 Å². The summed E-state index contributed by atoms with van der Waals surface area (Å²) < 4.78 is 40.2. The predicted molar refractivity (Wildman–Crippen MR) is 107 cm³/mol. The molecule has 2 heterocycles. The molecule has 3 rings (SSSR count). The second-order valence-electron chi connectivity index (χ2n) is 6.61. The minimum absolute atomic E-state index is 0.0296. The van der Waals surface area contributed by atoms with Gasteiger partial charge in [-0.3, -0.25) is 5.32 Å². The largest absolute Gasteiger partial charge is 0.417 e. The van der Waals surface area contributed by atoms with E-state index in [0.717, 1.165) is 6.07 Å². The number of nitrogens with zero attached hydrogens (tertiary/aromatic N) is 2. The van der Waals surface area contributed by atoms with Crippen LogP contribution in [0.5, 0.6) is 0 Å². The van der Waals surface area contributed by atoms with Crippen LogP contribution in [0.2, 0.25) is 0 Å². The number of allylic oxidation sites excluding steroid dienone is 3. The molecule has 0 saturated heterocycles. The fourth-order valence-corrected chi connectivity index (χ4v) is 2.81. The molecule has 0 unspecified atom stereocenters. The fraction of sp³-hybridized carbons (Fsp3) is 0.143. The first-order chi connectivity index (χ1) is 13.6. The van der Waals surface area contributed by atoms with Crippen LogP contribution >= 0.6 is 0 Å². The van der Waals surface area contributed by atoms with Crippen molar-refractivity contribution in [1.29, 1.82) is 0 Å². The minimum atomic E-state index is -4.48. The van der Waals surface area contributed by atoms with Crippen molar-refractivity contribution in [3.05, 3.63) is 83.7 Å². The first kappa shape index (κ1) is 20.2. The molecule has 0 bridgehead atoms. The van der Waals surface area contributed by atoms with Gasteiger partial charge in [0.05, 0.1) is 5.56 Å². The van der Waals surface area contributed by atoms with Crippen molar-refractivity contribution >= 4 is 23.1 Å². The Hall–Kier alpha value is -3.55. The summed E-state index contributed by atoms with van der Waals surface area (Å²) in [5.74, 6) is 0.330. The number of nitrogens with one attached hydrogen (secondary N) is 2. The molecule has 29 heavy (non-hydrogen) atoms. The summed E-state index contributed by atoms with van der Waals surface area (Å²) in [6.07, 6.45) is 0.365. The molecule has 0 aliphatic carbocycles. The molecule has 1 aliphatic rings. The van der Waals surface area contributed by atoms with Crippen LogP contribution in [0.1, 0.15) is 16.7 Å². The van der Waals surface area contributed by atoms with Gasteiger partial charge in [-0.1, -0.05) is 24.8 Å². The number of carbonyl (C=O) groups excluding carboxylic acids is 1. The maximum atomic E-state index is 13.4. The van der Waals surface area contributed by atoms with Crippen molar-refractivity contribution in [2.45, 2.75) is 6.18 Å². The van der Waals surface area contributed by atoms with Crippen LogP contribution in [-0.2, 0) is 6.18 Å². The van der Waals surface area contributed by atoms with Gasteiger partial charge in [-0.25, -0.2) is 9.78 Å². The lowest BCUT2D eigenvalue weighted by Crippen LogP contribution is -2.27. The van der Waals surface area contributed by atoms with Gasteiger partial charge in [0.2, 0.25) is 0 Å². The highest BCUT2D eigenvalue weighted by Crippen LogP contribution is 2.36. The van der Waals surface area contributed by atoms with E-state index in [4.69, 9.17) is 0 Å². The van der Waals surface area contributed by atoms with Gasteiger partial charge in [0.25, 0.3) is 0 Å². The molecule has 150 valence electrons. The van der Waals surface area contributed by atoms with E-state index in [9.17, 15) is 18.0 Å². The van der Waals surface area contributed by atoms with Crippen LogP contribution in [0.3, 0.4) is 0 Å². The number of carbonyl (C=O) groups is 1. The summed E-state index contributed by atoms with van der Waals surface area (Å²) >= 11 is 0. The third-order valence-corrected chi connectivity index (χ3v) is 4.18. The van der Waals surface area contributed by atoms with E-state index >= 15 is 0 Å². The predicted octanol–water partition coefficient (Wildman–Crippen LogP) is 4.74. The number of dihydropyridines is 1. The number of alkyl halides is 3. The van der Waals surface area contributed by atoms with E-state index in [2.05, 4.69) is 22.2 Å². The number of rotatable bonds is 3. The van der Waals surface area contributed by atoms with E-state index in [1.54, 1.807) is 44.4 Å². The number of amides is 2. The lowest BCUT2D eigenvalue weighted by atomic mass is 9.96. The van der Waals surface area contributed by atoms with Crippen molar-refractivity contribution in [3.8, 4) is 0 Å². The summed E-state index contributed by atoms with van der Waals surface area (Å²) in [5.41, 5.74) is 1.35. The van der Waals surface area contributed by atoms with Crippen molar-refractivity contribution in [1.82, 2.24) is 15.2 Å². The molecule has 2 aromatic rings. The first-order valence-electron chi connectivity index (χ1n) is 8.66. The number of halogens is 3. The number of benzene rings is 1. The molecular formula is C21H19F3N4O. The van der Waals surface area contributed by atoms with Crippen LogP contribution in [0.25, 0.3) is 11.3 Å². The number of aromatic nitrogens is 1. The van der Waals surface area contributed by atoms with Crippen molar-refractivity contribution in [2.24, 2.45) is 0 Å². The molecule has 0 spiro atoms. The highest BCUT2D eigenvalue weighted by Gasteiger charge is 2.34. The van der Waals surface area contributed by atoms with Crippen molar-refractivity contribution in [2.75, 3.05) is 19.4 Å². The Morgan fingerprint density at radius 3 is 2.59 bits per heavy atom. The smallest absolute Gasteiger partial charge is 0.355 e. The minimum Gasteiger partial charge on any atom is -0.355 e. The number of anilines is 1. The normalized spacial score (nSPS) is 13.9. The fourth-order valence-electron chi connectivity index (χ4n) is 2.81. The molecule has 0 atom stereocenters. The van der Waals surface area contributed by atoms with Gasteiger partial charge in [-0.05, 0) is 41.5 Å². The molecular weight excluding hydrogens is 381 g/mol. The summed E-state index contributed by atoms with van der Waals surface area (Å²) in [4.78, 5) is 17.3. The van der Waals surface area contributed by atoms with Gasteiger partial charge in [0, 0.05) is 37.2 Å². The average Bonchev–Trinajstić information content (AvgIpc) is 2.67. The molecule has 8 heteroatoms. The third-order valence-electron chi connectivity index (χ3n) is 4.18. The lowest BCUT2D eigenvalue weighted by molar-refractivity contribution is -0.137. The molecule has 1 aliphatic heterocycles. The van der Waals surface area contributed by atoms with Gasteiger partial charge in [-0.15, -0.1) is 0 Å². The average molecular weight is 400 g/mol. The Bertz CT molecular complexity index is 1020. The van der Waals surface area contributed by atoms with Gasteiger partial charge in [0.15, 0.2) is 0 Å². The maximum absolute atomic E-state index is 13.4. The molecule has 1 aromatic carbocycles. The highest BCUT2D eigenvalue weighted by atomic mass is 19.4. The van der Waals surface area contributed by atoms with E-state index < -0.39 is 11.7 Å². The van der Waals surface area contributed by atoms with Crippen molar-refractivity contribution in [3.63, 3.8) is 0 Å². The van der Waals surface area contributed by atoms with Gasteiger partial charge < -0.3 is 10.2 Å². The Labute approximate surface area is 166 Å². The first-order valence-corrected chi connectivity index (χ1v) is 8.66. The monoisotopic (exact) mass is 400 g/mol. The Morgan fingerprint density at radius 2 is 1.90 bits per heavy atom. The molecule has 5 nitrogen and oxygen atoms in total. The standard InChI is InChI=1S/C21H19F3N4O/c1-13-10-15(14-8-9-25-19(12-14)27-20(29)28(2)3)11-18(26-13)16-6-4-5-7-17(16)21(22,23)24/h4-12,26H,1H2,2-3H3,(H,25,27,29). The summed E-state index contributed by atoms with van der Waals surface area (Å²) in [6.45, 7) is 3.85. The van der Waals surface area contributed by atoms with Crippen LogP contribution < -0.4 is 10.6 Å². The van der Waals surface area contributed by atoms with Crippen LogP contribution in [0.4, 0.5) is 23.8 Å². The summed E-state index contributed by atoms with van der Waals surface area (Å²) in [7, 11) is 3.21. The van der Waals surface area contributed by atoms with E-state index in [1.165, 1.54) is 23.2 Å². The summed E-state index contributed by atoms with van der Waals surface area (Å²) in [6, 6.07) is 8.37. The molecule has 1 aromatic heterocycles. The maximum Gasteiger partial charge on any atom is 0.417 e. The van der Waals surface area contributed by atoms with Crippen LogP contribution in [0.15, 0.2) is 67.0 Å². The molecule has 2 N–H and O–H groups in total. The Morgan fingerprint density at radius 1 is 1.17 bits per heavy atom. The molecule has 0 radical (unpaired) electrons. The summed E-state index contributed by atoms with van der Waals surface area (Å²) in [5, 5.41) is 5.55. The van der Waals surface area contributed by atoms with Gasteiger partial charge in [-0.2, -0.15) is 13.2 Å². The molecule has 0 saturated carbocycles. The third kappa shape index (κ3) is 4.66. The highest BCUT2D eigenvalue weighted by molar-refractivity contribution is 5.91. The number of hydrogen-bond donors (Lipinski definition) is 2. The molecule has 0 fully saturated rings. The zero-order valence-corrected chi connectivity index (χ0v) is 15.8. The SMILES string of the molecule is C=C1C=C(c2ccnc(NC(=O)N(C)C)c2)C=C(c2ccccc2C(F)(F)F)N1. The topological polar surface area (TPSA) is 57.3 Å². The Kier molecular flexibility index (Phi) is 5.45. The second kappa shape index (κ2) is 7.83. The second-order valence-corrected chi connectivity index (χ2v) is 6.61. The quantitative estimate of drug-likeness (QED) is 0.783. The lowest BCUT2D eigenvalue weighted by Gasteiger charge is -2.21. The number of urea groups is 1.